The Morgan fingerprint density at radius 3 is 0.556 bits per heavy atom. The maximum absolute atomic E-state index is 14.0. The molecule has 1 fully saturated rings. The molecule has 1 aliphatic rings. The summed E-state index contributed by atoms with van der Waals surface area (Å²) in [6, 6.07) is -8.36. The number of hydrogen-bond acceptors (Lipinski definition) is 18. The first-order valence-corrected chi connectivity index (χ1v) is 28.4. The van der Waals surface area contributed by atoms with E-state index < -0.39 is 180 Å². The quantitative estimate of drug-likeness (QED) is 0.120. The summed E-state index contributed by atoms with van der Waals surface area (Å²) in [4.78, 5) is 166. The first kappa shape index (κ1) is 72.7. The Labute approximate surface area is 478 Å². The minimum Gasteiger partial charge on any atom is -0.451 e. The topological polar surface area (TPSA) is 332 Å². The normalized spacial score (nSPS) is 28.2. The minimum absolute atomic E-state index is 0.0338. The van der Waals surface area contributed by atoms with Crippen molar-refractivity contribution in [2.24, 2.45) is 53.3 Å². The number of amides is 6. The molecule has 1 rings (SSSR count). The zero-order valence-electron chi connectivity index (χ0n) is 51.6. The molecule has 0 bridgehead atoms. The molecule has 0 aromatic heterocycles. The monoisotopic (exact) mass is 1150 g/mol. The second-order valence-electron chi connectivity index (χ2n) is 24.3. The molecule has 0 saturated carbocycles. The Hall–Kier alpha value is -6.36. The Morgan fingerprint density at radius 2 is 0.407 bits per heavy atom. The van der Waals surface area contributed by atoms with Gasteiger partial charge in [0.05, 0.1) is 0 Å². The van der Waals surface area contributed by atoms with Crippen LogP contribution in [0, 0.1) is 53.3 Å². The van der Waals surface area contributed by atoms with Crippen LogP contribution in [0.3, 0.4) is 0 Å². The van der Waals surface area contributed by atoms with Crippen molar-refractivity contribution in [2.75, 3.05) is 0 Å². The summed E-state index contributed by atoms with van der Waals surface area (Å²) in [5.74, 6) is -16.3. The van der Waals surface area contributed by atoms with Crippen LogP contribution in [0.5, 0.6) is 0 Å². The van der Waals surface area contributed by atoms with E-state index in [9.17, 15) is 57.5 Å². The van der Waals surface area contributed by atoms with E-state index in [0.717, 1.165) is 0 Å². The van der Waals surface area contributed by atoms with Gasteiger partial charge in [0.2, 0.25) is 0 Å². The van der Waals surface area contributed by atoms with Gasteiger partial charge in [-0.1, -0.05) is 125 Å². The van der Waals surface area contributed by atoms with E-state index in [1.165, 1.54) is 20.8 Å². The fraction of sp³-hybridized carbons (Fsp3) is 0.789. The van der Waals surface area contributed by atoms with Crippen molar-refractivity contribution < 1.29 is 86.0 Å². The highest BCUT2D eigenvalue weighted by molar-refractivity contribution is 5.95. The van der Waals surface area contributed by atoms with Gasteiger partial charge >= 0.3 is 35.8 Å². The van der Waals surface area contributed by atoms with Gasteiger partial charge in [-0.05, 0) is 93.3 Å². The second-order valence-corrected chi connectivity index (χ2v) is 24.3. The molecule has 1 saturated heterocycles. The lowest BCUT2D eigenvalue weighted by atomic mass is 10.0. The van der Waals surface area contributed by atoms with E-state index in [1.807, 2.05) is 0 Å². The van der Waals surface area contributed by atoms with Crippen LogP contribution in [-0.2, 0) is 86.0 Å². The molecule has 24 nitrogen and oxygen atoms in total. The second kappa shape index (κ2) is 33.5. The first-order valence-electron chi connectivity index (χ1n) is 28.4. The zero-order valence-corrected chi connectivity index (χ0v) is 51.6. The molecular weight excluding hydrogens is 1060 g/mol. The van der Waals surface area contributed by atoms with Crippen molar-refractivity contribution in [1.82, 2.24) is 31.9 Å². The number of ether oxygens (including phenoxy) is 6. The van der Waals surface area contributed by atoms with E-state index in [-0.39, 0.29) is 37.0 Å². The van der Waals surface area contributed by atoms with Crippen LogP contribution in [0.1, 0.15) is 165 Å². The van der Waals surface area contributed by atoms with Gasteiger partial charge in [0.15, 0.2) is 36.6 Å². The zero-order chi connectivity index (χ0) is 62.7. The van der Waals surface area contributed by atoms with Crippen molar-refractivity contribution in [3.63, 3.8) is 0 Å². The van der Waals surface area contributed by atoms with Crippen LogP contribution in [0.4, 0.5) is 0 Å². The summed E-state index contributed by atoms with van der Waals surface area (Å²) in [5.41, 5.74) is 0. The lowest BCUT2D eigenvalue weighted by molar-refractivity contribution is -0.166. The Balaban J connectivity index is 3.94. The number of esters is 6. The molecule has 0 spiro atoms. The molecule has 0 aromatic carbocycles. The molecule has 12 atom stereocenters. The molecule has 0 radical (unpaired) electrons. The van der Waals surface area contributed by atoms with Gasteiger partial charge in [-0.2, -0.15) is 0 Å². The molecule has 0 aromatic rings. The molecular formula is C57H96N6O18. The van der Waals surface area contributed by atoms with Crippen LogP contribution in [-0.4, -0.2) is 144 Å². The van der Waals surface area contributed by atoms with Gasteiger partial charge in [-0.25, -0.2) is 28.8 Å². The highest BCUT2D eigenvalue weighted by atomic mass is 16.6. The summed E-state index contributed by atoms with van der Waals surface area (Å²) >= 11 is 0. The van der Waals surface area contributed by atoms with Gasteiger partial charge in [-0.15, -0.1) is 0 Å². The Morgan fingerprint density at radius 1 is 0.259 bits per heavy atom. The van der Waals surface area contributed by atoms with Crippen molar-refractivity contribution in [2.45, 2.75) is 238 Å². The third kappa shape index (κ3) is 23.9. The molecule has 1 heterocycles. The molecule has 0 unspecified atom stereocenters. The minimum atomic E-state index is -1.55. The molecule has 462 valence electrons. The predicted molar refractivity (Wildman–Crippen MR) is 295 cm³/mol. The van der Waals surface area contributed by atoms with Gasteiger partial charge < -0.3 is 60.3 Å². The lowest BCUT2D eigenvalue weighted by Gasteiger charge is -2.29. The number of cyclic esters (lactones) is 6. The molecule has 6 amide bonds. The van der Waals surface area contributed by atoms with Crippen LogP contribution in [0.15, 0.2) is 0 Å². The highest BCUT2D eigenvalue weighted by Gasteiger charge is 2.41. The van der Waals surface area contributed by atoms with Crippen LogP contribution in [0.25, 0.3) is 0 Å². The van der Waals surface area contributed by atoms with E-state index in [1.54, 1.807) is 125 Å². The number of carbonyl (C=O) groups excluding carboxylic acids is 12. The van der Waals surface area contributed by atoms with Crippen molar-refractivity contribution >= 4 is 71.3 Å². The van der Waals surface area contributed by atoms with Crippen molar-refractivity contribution in [3.05, 3.63) is 0 Å². The van der Waals surface area contributed by atoms with Gasteiger partial charge in [0.1, 0.15) is 36.3 Å². The first-order chi connectivity index (χ1) is 37.3. The number of nitrogens with one attached hydrogen (secondary N) is 6. The van der Waals surface area contributed by atoms with Gasteiger partial charge in [-0.3, -0.25) is 28.8 Å². The molecule has 6 N–H and O–H groups in total. The molecule has 0 aliphatic carbocycles. The summed E-state index contributed by atoms with van der Waals surface area (Å²) in [7, 11) is 0. The molecule has 1 aliphatic heterocycles. The largest absolute Gasteiger partial charge is 0.451 e. The number of hydrogen-bond donors (Lipinski definition) is 6. The summed E-state index contributed by atoms with van der Waals surface area (Å²) in [5, 5.41) is 15.3. The summed E-state index contributed by atoms with van der Waals surface area (Å²) in [6.45, 7) is 33.4. The predicted octanol–water partition coefficient (Wildman–Crippen LogP) is 3.51. The average Bonchev–Trinajstić information content (AvgIpc) is 3.33. The number of rotatable bonds is 12. The van der Waals surface area contributed by atoms with Gasteiger partial charge in [0.25, 0.3) is 35.4 Å². The third-order valence-electron chi connectivity index (χ3n) is 13.0. The smallest absolute Gasteiger partial charge is 0.329 e. The van der Waals surface area contributed by atoms with E-state index in [2.05, 4.69) is 31.9 Å². The summed E-state index contributed by atoms with van der Waals surface area (Å²) < 4.78 is 33.8. The third-order valence-corrected chi connectivity index (χ3v) is 13.0. The van der Waals surface area contributed by atoms with E-state index >= 15 is 0 Å². The van der Waals surface area contributed by atoms with Crippen LogP contribution >= 0.6 is 0 Å². The van der Waals surface area contributed by atoms with Crippen LogP contribution < -0.4 is 31.9 Å². The summed E-state index contributed by atoms with van der Waals surface area (Å²) in [6.07, 6.45) is -9.28. The SMILES string of the molecule is CC(C)C[C@H]1OC(=O)[C@H](C(C)C)NC(=O)[C@H](C)OC(=O)[C@@H](C(C)C)NC(=O)[C@@H](CC(C)C)OC(=O)[C@H](C(C)C)NC(=O)[C@H](C)OC(=O)[C@@H](C(C)C)NC(=O)[C@@H](CC(C)C)OC(=O)[C@H](C(C)C)NC(=O)[C@H](C)OC(=O)[C@@H](C(C)C)NC1=O. The fourth-order valence-electron chi connectivity index (χ4n) is 7.99. The Bertz CT molecular complexity index is 1940. The maximum Gasteiger partial charge on any atom is 0.329 e. The average molecular weight is 1150 g/mol. The van der Waals surface area contributed by atoms with Crippen LogP contribution in [0.2, 0.25) is 0 Å². The number of carbonyl (C=O) groups is 12. The maximum atomic E-state index is 14.0. The van der Waals surface area contributed by atoms with E-state index in [0.29, 0.717) is 0 Å². The van der Waals surface area contributed by atoms with E-state index in [4.69, 9.17) is 28.4 Å². The standard InChI is InChI=1S/C57H96N6O18/c1-25(2)22-37-49(67)61-40(28(7)8)52(70)76-35(20)47(65)59-44(32(15)16)56(74)80-39(24-27(5)6)51(69)63-42(30(11)12)54(72)78-36(21)48(66)60-45(33(17)18)57(75)81-38(23-26(3)4)50(68)62-41(29(9)10)53(71)77-34(19)46(64)58-43(31(13)14)55(73)79-37/h25-45H,22-24H2,1-21H3,(H,58,64)(H,59,65)(H,60,66)(H,61,67)(H,62,68)(H,63,69)/t34-,35-,36-,37+,38+,39+,40+,41+,42+,43-,44-,45-/m0/s1. The fourth-order valence-corrected chi connectivity index (χ4v) is 7.99. The Kier molecular flexibility index (Phi) is 30.1. The van der Waals surface area contributed by atoms with Crippen molar-refractivity contribution in [1.29, 1.82) is 0 Å². The van der Waals surface area contributed by atoms with Crippen molar-refractivity contribution in [3.8, 4) is 0 Å². The molecule has 24 heteroatoms. The molecule has 81 heavy (non-hydrogen) atoms. The highest BCUT2D eigenvalue weighted by Crippen LogP contribution is 2.20. The van der Waals surface area contributed by atoms with Gasteiger partial charge in [0, 0.05) is 0 Å². The lowest BCUT2D eigenvalue weighted by Crippen LogP contribution is -2.55.